The highest BCUT2D eigenvalue weighted by Crippen LogP contribution is 2.25. The highest BCUT2D eigenvalue weighted by molar-refractivity contribution is 7.07. The van der Waals surface area contributed by atoms with Gasteiger partial charge in [-0.1, -0.05) is 18.2 Å². The van der Waals surface area contributed by atoms with Gasteiger partial charge in [0.2, 0.25) is 4.80 Å². The molecule has 0 amide bonds. The third-order valence-corrected chi connectivity index (χ3v) is 5.72. The number of rotatable bonds is 6. The molecule has 4 aromatic rings. The summed E-state index contributed by atoms with van der Waals surface area (Å²) in [6.07, 6.45) is 0. The van der Waals surface area contributed by atoms with Crippen LogP contribution in [0.5, 0.6) is 11.5 Å². The lowest BCUT2D eigenvalue weighted by molar-refractivity contribution is 0.414. The first-order chi connectivity index (χ1) is 15.2. The number of thiazole rings is 1. The molecule has 0 bridgehead atoms. The van der Waals surface area contributed by atoms with Crippen molar-refractivity contribution in [2.75, 3.05) is 14.2 Å². The molecule has 0 saturated heterocycles. The first-order valence-electron chi connectivity index (χ1n) is 9.82. The van der Waals surface area contributed by atoms with Gasteiger partial charge in [-0.2, -0.15) is 5.10 Å². The summed E-state index contributed by atoms with van der Waals surface area (Å²) in [5.41, 5.74) is 5.00. The van der Waals surface area contributed by atoms with Crippen LogP contribution in [0.3, 0.4) is 0 Å². The molecule has 0 aliphatic rings. The Labute approximate surface area is 185 Å². The quantitative estimate of drug-likeness (QED) is 0.298. The second kappa shape index (κ2) is 9.45. The van der Waals surface area contributed by atoms with Crippen LogP contribution in [0.4, 0.5) is 0 Å². The lowest BCUT2D eigenvalue weighted by atomic mass is 10.1. The lowest BCUT2D eigenvalue weighted by Gasteiger charge is -2.09. The van der Waals surface area contributed by atoms with Crippen LogP contribution in [-0.2, 0) is 0 Å². The van der Waals surface area contributed by atoms with Crippen LogP contribution in [0.15, 0.2) is 94.4 Å². The van der Waals surface area contributed by atoms with Gasteiger partial charge < -0.3 is 9.47 Å². The summed E-state index contributed by atoms with van der Waals surface area (Å²) in [6.45, 7) is 1.95. The summed E-state index contributed by atoms with van der Waals surface area (Å²) in [5, 5.41) is 11.2. The second-order valence-electron chi connectivity index (χ2n) is 6.82. The summed E-state index contributed by atoms with van der Waals surface area (Å²) in [5.74, 6) is 1.65. The smallest absolute Gasteiger partial charge is 0.215 e. The molecule has 1 heterocycles. The lowest BCUT2D eigenvalue weighted by Crippen LogP contribution is -2.13. The van der Waals surface area contributed by atoms with Crippen molar-refractivity contribution in [1.29, 1.82) is 0 Å². The summed E-state index contributed by atoms with van der Waals surface area (Å²) in [4.78, 5) is 0.796. The summed E-state index contributed by atoms with van der Waals surface area (Å²) >= 11 is 1.56. The summed E-state index contributed by atoms with van der Waals surface area (Å²) in [7, 11) is 3.33. The molecule has 1 aromatic heterocycles. The molecule has 0 unspecified atom stereocenters. The molecule has 0 aliphatic heterocycles. The largest absolute Gasteiger partial charge is 0.497 e. The van der Waals surface area contributed by atoms with Crippen LogP contribution in [0, 0.1) is 0 Å². The minimum Gasteiger partial charge on any atom is -0.497 e. The van der Waals surface area contributed by atoms with Gasteiger partial charge in [0, 0.05) is 11.1 Å². The molecular weight excluding hydrogens is 406 g/mol. The first-order valence-corrected chi connectivity index (χ1v) is 10.7. The van der Waals surface area contributed by atoms with Crippen molar-refractivity contribution in [2.45, 2.75) is 6.92 Å². The van der Waals surface area contributed by atoms with Crippen LogP contribution in [0.1, 0.15) is 12.5 Å². The van der Waals surface area contributed by atoms with E-state index in [0.717, 1.165) is 44.5 Å². The average molecular weight is 430 g/mol. The standard InChI is InChI=1S/C25H23N3O2S/c1-18(19-9-13-22(29-2)14-10-19)26-27-25-28(21-7-5-4-6-8-21)24(17-31-25)20-11-15-23(30-3)16-12-20/h4-17H,1-3H3/b26-18-,27-25-. The van der Waals surface area contributed by atoms with Gasteiger partial charge in [-0.05, 0) is 78.7 Å². The highest BCUT2D eigenvalue weighted by atomic mass is 32.1. The van der Waals surface area contributed by atoms with Gasteiger partial charge in [0.05, 0.1) is 25.6 Å². The summed E-state index contributed by atoms with van der Waals surface area (Å²) < 4.78 is 12.7. The molecule has 0 N–H and O–H groups in total. The second-order valence-corrected chi connectivity index (χ2v) is 7.65. The molecule has 3 aromatic carbocycles. The Morgan fingerprint density at radius 1 is 0.806 bits per heavy atom. The number of ether oxygens (including phenoxy) is 2. The Morgan fingerprint density at radius 2 is 1.42 bits per heavy atom. The molecule has 0 spiro atoms. The van der Waals surface area contributed by atoms with Crippen molar-refractivity contribution in [2.24, 2.45) is 10.2 Å². The molecule has 4 rings (SSSR count). The van der Waals surface area contributed by atoms with E-state index in [1.54, 1.807) is 25.6 Å². The van der Waals surface area contributed by atoms with E-state index < -0.39 is 0 Å². The topological polar surface area (TPSA) is 48.1 Å². The predicted molar refractivity (Wildman–Crippen MR) is 126 cm³/mol. The van der Waals surface area contributed by atoms with Crippen molar-refractivity contribution in [3.8, 4) is 28.4 Å². The zero-order valence-electron chi connectivity index (χ0n) is 17.6. The number of nitrogens with zero attached hydrogens (tertiary/aromatic N) is 3. The minimum absolute atomic E-state index is 0.796. The molecule has 0 radical (unpaired) electrons. The fourth-order valence-electron chi connectivity index (χ4n) is 3.18. The molecular formula is C25H23N3O2S. The summed E-state index contributed by atoms with van der Waals surface area (Å²) in [6, 6.07) is 26.0. The molecule has 0 fully saturated rings. The maximum Gasteiger partial charge on any atom is 0.215 e. The SMILES string of the molecule is COc1ccc(/C(C)=N\N=c2/scc(-c3ccc(OC)cc3)n2-c2ccccc2)cc1. The number of benzene rings is 3. The number of para-hydroxylation sites is 1. The fourth-order valence-corrected chi connectivity index (χ4v) is 4.03. The van der Waals surface area contributed by atoms with Gasteiger partial charge in [-0.25, -0.2) is 0 Å². The Morgan fingerprint density at radius 3 is 2.03 bits per heavy atom. The van der Waals surface area contributed by atoms with Crippen LogP contribution in [0.25, 0.3) is 16.9 Å². The minimum atomic E-state index is 0.796. The van der Waals surface area contributed by atoms with E-state index in [2.05, 4.69) is 44.4 Å². The van der Waals surface area contributed by atoms with Gasteiger partial charge in [0.1, 0.15) is 11.5 Å². The number of aromatic nitrogens is 1. The monoisotopic (exact) mass is 429 g/mol. The predicted octanol–water partition coefficient (Wildman–Crippen LogP) is 5.55. The van der Waals surface area contributed by atoms with E-state index in [9.17, 15) is 0 Å². The molecule has 156 valence electrons. The molecule has 0 saturated carbocycles. The van der Waals surface area contributed by atoms with E-state index in [1.165, 1.54) is 0 Å². The van der Waals surface area contributed by atoms with Gasteiger partial charge in [-0.15, -0.1) is 16.4 Å². The van der Waals surface area contributed by atoms with Gasteiger partial charge in [0.25, 0.3) is 0 Å². The van der Waals surface area contributed by atoms with Gasteiger partial charge in [-0.3, -0.25) is 4.57 Å². The van der Waals surface area contributed by atoms with Crippen molar-refractivity contribution in [3.05, 3.63) is 94.6 Å². The number of hydrogen-bond acceptors (Lipinski definition) is 5. The Kier molecular flexibility index (Phi) is 6.29. The van der Waals surface area contributed by atoms with E-state index >= 15 is 0 Å². The van der Waals surface area contributed by atoms with E-state index in [4.69, 9.17) is 9.47 Å². The zero-order valence-corrected chi connectivity index (χ0v) is 18.5. The molecule has 5 nitrogen and oxygen atoms in total. The van der Waals surface area contributed by atoms with Crippen LogP contribution in [-0.4, -0.2) is 24.5 Å². The van der Waals surface area contributed by atoms with Crippen LogP contribution in [0.2, 0.25) is 0 Å². The fraction of sp³-hybridized carbons (Fsp3) is 0.120. The third kappa shape index (κ3) is 4.59. The maximum absolute atomic E-state index is 5.30. The van der Waals surface area contributed by atoms with Crippen LogP contribution < -0.4 is 14.3 Å². The van der Waals surface area contributed by atoms with Gasteiger partial charge in [0.15, 0.2) is 0 Å². The van der Waals surface area contributed by atoms with Crippen molar-refractivity contribution in [3.63, 3.8) is 0 Å². The number of methoxy groups -OCH3 is 2. The van der Waals surface area contributed by atoms with Crippen LogP contribution >= 0.6 is 11.3 Å². The Bertz CT molecular complexity index is 1240. The zero-order chi connectivity index (χ0) is 21.6. The maximum atomic E-state index is 5.30. The van der Waals surface area contributed by atoms with Gasteiger partial charge >= 0.3 is 0 Å². The van der Waals surface area contributed by atoms with Crippen molar-refractivity contribution >= 4 is 17.0 Å². The Balaban J connectivity index is 1.79. The molecule has 6 heteroatoms. The number of hydrogen-bond donors (Lipinski definition) is 0. The van der Waals surface area contributed by atoms with E-state index in [0.29, 0.717) is 0 Å². The molecule has 0 aliphatic carbocycles. The Hall–Kier alpha value is -3.64. The third-order valence-electron chi connectivity index (χ3n) is 4.90. The highest BCUT2D eigenvalue weighted by Gasteiger charge is 2.10. The van der Waals surface area contributed by atoms with E-state index in [-0.39, 0.29) is 0 Å². The van der Waals surface area contributed by atoms with Crippen molar-refractivity contribution in [1.82, 2.24) is 4.57 Å². The van der Waals surface area contributed by atoms with Crippen molar-refractivity contribution < 1.29 is 9.47 Å². The molecule has 31 heavy (non-hydrogen) atoms. The van der Waals surface area contributed by atoms with E-state index in [1.807, 2.05) is 61.5 Å². The normalized spacial score (nSPS) is 12.1. The molecule has 0 atom stereocenters. The first kappa shape index (κ1) is 20.6. The average Bonchev–Trinajstić information content (AvgIpc) is 3.27.